The Hall–Kier alpha value is -4.73. The highest BCUT2D eigenvalue weighted by molar-refractivity contribution is 5.70. The minimum absolute atomic E-state index is 0.100. The average molecular weight is 667 g/mol. The molecule has 0 saturated carbocycles. The molecule has 2 aliphatic rings. The SMILES string of the molecule is COc1ccc(CC2c3cc(Oc4cc(CC5c6cc(OC)c(OC)cc6CCN5C)ccc4OC(C)=O)c(OC)cc3CCN2C)cc1. The Balaban J connectivity index is 1.34. The fourth-order valence-electron chi connectivity index (χ4n) is 7.08. The maximum atomic E-state index is 12.2. The lowest BCUT2D eigenvalue weighted by atomic mass is 9.88. The third kappa shape index (κ3) is 7.33. The summed E-state index contributed by atoms with van der Waals surface area (Å²) in [5, 5.41) is 0. The van der Waals surface area contributed by atoms with E-state index in [2.05, 4.69) is 60.3 Å². The van der Waals surface area contributed by atoms with E-state index < -0.39 is 5.97 Å². The third-order valence-corrected chi connectivity index (χ3v) is 9.82. The van der Waals surface area contributed by atoms with Gasteiger partial charge in [0, 0.05) is 32.1 Å². The van der Waals surface area contributed by atoms with Crippen LogP contribution in [0.2, 0.25) is 0 Å². The predicted octanol–water partition coefficient (Wildman–Crippen LogP) is 6.98. The average Bonchev–Trinajstić information content (AvgIpc) is 3.11. The van der Waals surface area contributed by atoms with Crippen LogP contribution < -0.4 is 28.4 Å². The molecule has 0 radical (unpaired) electrons. The van der Waals surface area contributed by atoms with Crippen molar-refractivity contribution in [3.8, 4) is 40.2 Å². The van der Waals surface area contributed by atoms with Crippen molar-refractivity contribution in [3.63, 3.8) is 0 Å². The monoisotopic (exact) mass is 666 g/mol. The van der Waals surface area contributed by atoms with Crippen LogP contribution in [0.1, 0.15) is 52.4 Å². The van der Waals surface area contributed by atoms with Crippen LogP contribution in [0.3, 0.4) is 0 Å². The molecule has 9 nitrogen and oxygen atoms in total. The van der Waals surface area contributed by atoms with Crippen LogP contribution in [0, 0.1) is 0 Å². The molecule has 0 fully saturated rings. The molecule has 4 aromatic rings. The molecule has 0 N–H and O–H groups in total. The summed E-state index contributed by atoms with van der Waals surface area (Å²) in [6, 6.07) is 22.6. The number of hydrogen-bond donors (Lipinski definition) is 0. The van der Waals surface area contributed by atoms with Gasteiger partial charge in [-0.25, -0.2) is 0 Å². The molecule has 0 saturated heterocycles. The molecule has 4 aromatic carbocycles. The lowest BCUT2D eigenvalue weighted by molar-refractivity contribution is -0.132. The minimum Gasteiger partial charge on any atom is -0.497 e. The molecule has 258 valence electrons. The number of esters is 1. The van der Waals surface area contributed by atoms with Crippen molar-refractivity contribution in [3.05, 3.63) is 100 Å². The Labute approximate surface area is 289 Å². The summed E-state index contributed by atoms with van der Waals surface area (Å²) in [5.74, 6) is 3.88. The first-order chi connectivity index (χ1) is 23.7. The van der Waals surface area contributed by atoms with Crippen LogP contribution >= 0.6 is 0 Å². The standard InChI is InChI=1S/C40H46N2O7/c1-25(43)48-35-13-10-27(19-34-31-23-38(47-7)36(45-5)21-28(31)14-17-42(34)3)20-39(35)49-40-24-32-29(22-37(40)46-6)15-16-41(2)33(32)18-26-8-11-30(44-4)12-9-26/h8-13,20-24,33-34H,14-19H2,1-7H3. The highest BCUT2D eigenvalue weighted by atomic mass is 16.6. The van der Waals surface area contributed by atoms with Crippen LogP contribution in [0.5, 0.6) is 40.2 Å². The summed E-state index contributed by atoms with van der Waals surface area (Å²) in [7, 11) is 11.0. The Kier molecular flexibility index (Phi) is 10.3. The fourth-order valence-corrected chi connectivity index (χ4v) is 7.08. The zero-order valence-electron chi connectivity index (χ0n) is 29.5. The maximum Gasteiger partial charge on any atom is 0.308 e. The van der Waals surface area contributed by atoms with Crippen molar-refractivity contribution >= 4 is 5.97 Å². The van der Waals surface area contributed by atoms with Gasteiger partial charge in [0.25, 0.3) is 0 Å². The number of fused-ring (bicyclic) bond motifs is 2. The normalized spacial score (nSPS) is 17.4. The van der Waals surface area contributed by atoms with Gasteiger partial charge in [0.15, 0.2) is 34.5 Å². The second-order valence-electron chi connectivity index (χ2n) is 12.8. The highest BCUT2D eigenvalue weighted by Gasteiger charge is 2.29. The van der Waals surface area contributed by atoms with E-state index in [1.807, 2.05) is 30.3 Å². The van der Waals surface area contributed by atoms with Gasteiger partial charge < -0.3 is 28.4 Å². The van der Waals surface area contributed by atoms with Gasteiger partial charge in [-0.15, -0.1) is 0 Å². The molecule has 9 heteroatoms. The van der Waals surface area contributed by atoms with E-state index in [0.29, 0.717) is 35.2 Å². The van der Waals surface area contributed by atoms with Gasteiger partial charge in [0.2, 0.25) is 0 Å². The van der Waals surface area contributed by atoms with Gasteiger partial charge in [-0.1, -0.05) is 18.2 Å². The maximum absolute atomic E-state index is 12.2. The van der Waals surface area contributed by atoms with Gasteiger partial charge in [0.05, 0.1) is 28.4 Å². The molecule has 2 unspecified atom stereocenters. The Bertz CT molecular complexity index is 1810. The lowest BCUT2D eigenvalue weighted by Crippen LogP contribution is -2.33. The molecule has 6 rings (SSSR count). The second-order valence-corrected chi connectivity index (χ2v) is 12.8. The van der Waals surface area contributed by atoms with Gasteiger partial charge >= 0.3 is 5.97 Å². The molecule has 0 aromatic heterocycles. The van der Waals surface area contributed by atoms with Crippen molar-refractivity contribution in [1.29, 1.82) is 0 Å². The van der Waals surface area contributed by atoms with E-state index in [9.17, 15) is 4.79 Å². The molecule has 0 spiro atoms. The van der Waals surface area contributed by atoms with E-state index in [0.717, 1.165) is 49.4 Å². The molecule has 2 aliphatic heterocycles. The molecule has 0 amide bonds. The quantitative estimate of drug-likeness (QED) is 0.124. The third-order valence-electron chi connectivity index (χ3n) is 9.82. The molecule has 2 atom stereocenters. The highest BCUT2D eigenvalue weighted by Crippen LogP contribution is 2.44. The van der Waals surface area contributed by atoms with Gasteiger partial charge in [0.1, 0.15) is 5.75 Å². The molecular formula is C40H46N2O7. The summed E-state index contributed by atoms with van der Waals surface area (Å²) in [6.07, 6.45) is 3.38. The van der Waals surface area contributed by atoms with Crippen molar-refractivity contribution in [2.45, 2.75) is 44.7 Å². The predicted molar refractivity (Wildman–Crippen MR) is 189 cm³/mol. The van der Waals surface area contributed by atoms with Crippen LogP contribution in [0.4, 0.5) is 0 Å². The number of ether oxygens (including phenoxy) is 6. The number of carbonyl (C=O) groups is 1. The Morgan fingerprint density at radius 2 is 1.10 bits per heavy atom. The first-order valence-electron chi connectivity index (χ1n) is 16.7. The largest absolute Gasteiger partial charge is 0.497 e. The van der Waals surface area contributed by atoms with Crippen molar-refractivity contribution in [2.75, 3.05) is 55.6 Å². The number of methoxy groups -OCH3 is 4. The first-order valence-corrected chi connectivity index (χ1v) is 16.7. The van der Waals surface area contributed by atoms with E-state index in [4.69, 9.17) is 28.4 Å². The number of carbonyl (C=O) groups excluding carboxylic acids is 1. The zero-order valence-corrected chi connectivity index (χ0v) is 29.5. The molecule has 0 aliphatic carbocycles. The van der Waals surface area contributed by atoms with Crippen LogP contribution in [-0.4, -0.2) is 71.4 Å². The van der Waals surface area contributed by atoms with Crippen molar-refractivity contribution in [1.82, 2.24) is 9.80 Å². The van der Waals surface area contributed by atoms with Gasteiger partial charge in [-0.2, -0.15) is 0 Å². The summed E-state index contributed by atoms with van der Waals surface area (Å²) in [6.45, 7) is 3.25. The molecule has 0 bridgehead atoms. The number of hydrogen-bond acceptors (Lipinski definition) is 9. The van der Waals surface area contributed by atoms with Crippen molar-refractivity contribution < 1.29 is 33.2 Å². The van der Waals surface area contributed by atoms with Crippen LogP contribution in [-0.2, 0) is 30.5 Å². The fraction of sp³-hybridized carbons (Fsp3) is 0.375. The summed E-state index contributed by atoms with van der Waals surface area (Å²) >= 11 is 0. The number of nitrogens with zero attached hydrogens (tertiary/aromatic N) is 2. The minimum atomic E-state index is -0.418. The zero-order chi connectivity index (χ0) is 34.7. The topological polar surface area (TPSA) is 78.9 Å². The van der Waals surface area contributed by atoms with Crippen LogP contribution in [0.15, 0.2) is 66.7 Å². The summed E-state index contributed by atoms with van der Waals surface area (Å²) in [5.41, 5.74) is 7.15. The van der Waals surface area contributed by atoms with E-state index in [1.54, 1.807) is 28.4 Å². The van der Waals surface area contributed by atoms with Crippen molar-refractivity contribution in [2.24, 2.45) is 0 Å². The smallest absolute Gasteiger partial charge is 0.308 e. The van der Waals surface area contributed by atoms with Crippen LogP contribution in [0.25, 0.3) is 0 Å². The Morgan fingerprint density at radius 3 is 1.65 bits per heavy atom. The van der Waals surface area contributed by atoms with Gasteiger partial charge in [-0.05, 0) is 122 Å². The molecule has 49 heavy (non-hydrogen) atoms. The lowest BCUT2D eigenvalue weighted by Gasteiger charge is -2.35. The number of likely N-dealkylation sites (N-methyl/N-ethyl adjacent to an activating group) is 2. The number of rotatable bonds is 11. The van der Waals surface area contributed by atoms with E-state index >= 15 is 0 Å². The van der Waals surface area contributed by atoms with Gasteiger partial charge in [-0.3, -0.25) is 14.6 Å². The first kappa shape index (κ1) is 34.1. The second kappa shape index (κ2) is 14.8. The Morgan fingerprint density at radius 1 is 0.612 bits per heavy atom. The van der Waals surface area contributed by atoms with E-state index in [1.165, 1.54) is 34.7 Å². The summed E-state index contributed by atoms with van der Waals surface area (Å²) < 4.78 is 34.8. The molecular weight excluding hydrogens is 620 g/mol. The van der Waals surface area contributed by atoms with E-state index in [-0.39, 0.29) is 12.1 Å². The summed E-state index contributed by atoms with van der Waals surface area (Å²) in [4.78, 5) is 16.9. The molecule has 2 heterocycles. The number of benzene rings is 4.